The van der Waals surface area contributed by atoms with Crippen LogP contribution in [0.15, 0.2) is 48.5 Å². The Kier molecular flexibility index (Phi) is 5.35. The molecule has 0 spiro atoms. The molecule has 2 aromatic rings. The number of hydrogen-bond donors (Lipinski definition) is 0. The molecule has 2 aromatic carbocycles. The summed E-state index contributed by atoms with van der Waals surface area (Å²) in [5, 5.41) is 0. The van der Waals surface area contributed by atoms with Crippen LogP contribution >= 0.6 is 0 Å². The zero-order valence-electron chi connectivity index (χ0n) is 16.7. The summed E-state index contributed by atoms with van der Waals surface area (Å²) in [4.78, 5) is 53.5. The van der Waals surface area contributed by atoms with Gasteiger partial charge in [0.1, 0.15) is 12.3 Å². The quantitative estimate of drug-likeness (QED) is 0.562. The van der Waals surface area contributed by atoms with E-state index in [4.69, 9.17) is 4.74 Å². The van der Waals surface area contributed by atoms with Crippen LogP contribution in [-0.4, -0.2) is 60.0 Å². The number of para-hydroxylation sites is 1. The summed E-state index contributed by atoms with van der Waals surface area (Å²) in [6.07, 6.45) is 1.35. The van der Waals surface area contributed by atoms with E-state index in [0.29, 0.717) is 41.8 Å². The number of carbonyl (C=O) groups excluding carboxylic acids is 4. The van der Waals surface area contributed by atoms with Crippen LogP contribution in [0.25, 0.3) is 0 Å². The molecule has 7 nitrogen and oxygen atoms in total. The SMILES string of the molecule is COc1ccccc1C(=O)[C@H]1CCCN(C(=O)CN2C(=O)c3ccccc3C2=O)C1. The molecule has 0 N–H and O–H groups in total. The standard InChI is InChI=1S/C23H22N2O5/c1-30-19-11-5-4-10-18(19)21(27)15-7-6-12-24(13-15)20(26)14-25-22(28)16-8-2-3-9-17(16)23(25)29/h2-5,8-11,15H,6-7,12-14H2,1H3/t15-/m0/s1. The number of ether oxygens (including phenoxy) is 1. The van der Waals surface area contributed by atoms with Gasteiger partial charge >= 0.3 is 0 Å². The fourth-order valence-electron chi connectivity index (χ4n) is 4.10. The lowest BCUT2D eigenvalue weighted by atomic mass is 9.89. The minimum Gasteiger partial charge on any atom is -0.496 e. The molecule has 0 saturated carbocycles. The molecule has 154 valence electrons. The highest BCUT2D eigenvalue weighted by atomic mass is 16.5. The molecule has 30 heavy (non-hydrogen) atoms. The second kappa shape index (κ2) is 8.10. The predicted molar refractivity (Wildman–Crippen MR) is 108 cm³/mol. The summed E-state index contributed by atoms with van der Waals surface area (Å²) in [7, 11) is 1.52. The fourth-order valence-corrected chi connectivity index (χ4v) is 4.10. The van der Waals surface area contributed by atoms with Crippen LogP contribution in [-0.2, 0) is 4.79 Å². The summed E-state index contributed by atoms with van der Waals surface area (Å²) < 4.78 is 5.29. The lowest BCUT2D eigenvalue weighted by Crippen LogP contribution is -2.47. The molecule has 1 saturated heterocycles. The van der Waals surface area contributed by atoms with Crippen molar-refractivity contribution in [1.29, 1.82) is 0 Å². The normalized spacial score (nSPS) is 18.4. The van der Waals surface area contributed by atoms with Gasteiger partial charge in [-0.2, -0.15) is 0 Å². The number of methoxy groups -OCH3 is 1. The smallest absolute Gasteiger partial charge is 0.262 e. The first-order chi connectivity index (χ1) is 14.5. The largest absolute Gasteiger partial charge is 0.496 e. The lowest BCUT2D eigenvalue weighted by Gasteiger charge is -2.33. The molecule has 0 aliphatic carbocycles. The van der Waals surface area contributed by atoms with Gasteiger partial charge in [0.05, 0.1) is 23.8 Å². The van der Waals surface area contributed by atoms with E-state index in [-0.39, 0.29) is 30.7 Å². The average molecular weight is 406 g/mol. The third-order valence-electron chi connectivity index (χ3n) is 5.69. The Morgan fingerprint density at radius 3 is 2.30 bits per heavy atom. The third-order valence-corrected chi connectivity index (χ3v) is 5.69. The van der Waals surface area contributed by atoms with Crippen molar-refractivity contribution in [2.24, 2.45) is 5.92 Å². The van der Waals surface area contributed by atoms with Crippen molar-refractivity contribution < 1.29 is 23.9 Å². The molecule has 4 rings (SSSR count). The first kappa shape index (κ1) is 19.8. The number of hydrogen-bond acceptors (Lipinski definition) is 5. The van der Waals surface area contributed by atoms with Crippen molar-refractivity contribution in [3.05, 3.63) is 65.2 Å². The van der Waals surface area contributed by atoms with E-state index >= 15 is 0 Å². The van der Waals surface area contributed by atoms with Gasteiger partial charge in [-0.15, -0.1) is 0 Å². The van der Waals surface area contributed by atoms with Crippen molar-refractivity contribution in [1.82, 2.24) is 9.80 Å². The number of carbonyl (C=O) groups is 4. The topological polar surface area (TPSA) is 84.0 Å². The summed E-state index contributed by atoms with van der Waals surface area (Å²) in [6.45, 7) is 0.443. The zero-order chi connectivity index (χ0) is 21.3. The van der Waals surface area contributed by atoms with Gasteiger partial charge in [-0.3, -0.25) is 24.1 Å². The second-order valence-corrected chi connectivity index (χ2v) is 7.49. The van der Waals surface area contributed by atoms with Gasteiger partial charge in [0.25, 0.3) is 11.8 Å². The molecule has 1 fully saturated rings. The van der Waals surface area contributed by atoms with Crippen LogP contribution in [0.1, 0.15) is 43.9 Å². The van der Waals surface area contributed by atoms with Crippen molar-refractivity contribution in [2.75, 3.05) is 26.7 Å². The maximum absolute atomic E-state index is 13.0. The van der Waals surface area contributed by atoms with Gasteiger partial charge in [-0.25, -0.2) is 0 Å². The number of nitrogens with zero attached hydrogens (tertiary/aromatic N) is 2. The Labute approximate surface area is 174 Å². The Morgan fingerprint density at radius 2 is 1.63 bits per heavy atom. The highest BCUT2D eigenvalue weighted by Gasteiger charge is 2.38. The van der Waals surface area contributed by atoms with Crippen LogP contribution in [0, 0.1) is 5.92 Å². The molecule has 0 unspecified atom stereocenters. The third kappa shape index (κ3) is 3.47. The number of likely N-dealkylation sites (tertiary alicyclic amines) is 1. The molecule has 7 heteroatoms. The molecule has 2 heterocycles. The van der Waals surface area contributed by atoms with Gasteiger partial charge in [-0.05, 0) is 37.1 Å². The predicted octanol–water partition coefficient (Wildman–Crippen LogP) is 2.41. The first-order valence-corrected chi connectivity index (χ1v) is 9.91. The zero-order valence-corrected chi connectivity index (χ0v) is 16.7. The minimum atomic E-state index is -0.456. The minimum absolute atomic E-state index is 0.0642. The Balaban J connectivity index is 1.45. The van der Waals surface area contributed by atoms with Crippen molar-refractivity contribution in [3.8, 4) is 5.75 Å². The van der Waals surface area contributed by atoms with E-state index in [2.05, 4.69) is 0 Å². The van der Waals surface area contributed by atoms with Crippen LogP contribution in [0.2, 0.25) is 0 Å². The highest BCUT2D eigenvalue weighted by molar-refractivity contribution is 6.22. The maximum Gasteiger partial charge on any atom is 0.262 e. The van der Waals surface area contributed by atoms with Crippen LogP contribution in [0.5, 0.6) is 5.75 Å². The van der Waals surface area contributed by atoms with Crippen LogP contribution < -0.4 is 4.74 Å². The van der Waals surface area contributed by atoms with E-state index in [1.165, 1.54) is 7.11 Å². The van der Waals surface area contributed by atoms with E-state index in [1.807, 2.05) is 0 Å². The number of Topliss-reactive ketones (excluding diaryl/α,β-unsaturated/α-hetero) is 1. The average Bonchev–Trinajstić information content (AvgIpc) is 3.03. The molecular formula is C23H22N2O5. The maximum atomic E-state index is 13.0. The van der Waals surface area contributed by atoms with Gasteiger partial charge in [0.15, 0.2) is 5.78 Å². The van der Waals surface area contributed by atoms with Gasteiger partial charge in [-0.1, -0.05) is 24.3 Å². The van der Waals surface area contributed by atoms with E-state index in [0.717, 1.165) is 4.90 Å². The Hall–Kier alpha value is -3.48. The number of benzene rings is 2. The van der Waals surface area contributed by atoms with Gasteiger partial charge in [0.2, 0.25) is 5.91 Å². The molecule has 3 amide bonds. The number of ketones is 1. The number of rotatable bonds is 5. The van der Waals surface area contributed by atoms with Crippen molar-refractivity contribution in [3.63, 3.8) is 0 Å². The van der Waals surface area contributed by atoms with Crippen LogP contribution in [0.3, 0.4) is 0 Å². The molecule has 1 atom stereocenters. The molecule has 2 aliphatic heterocycles. The Bertz CT molecular complexity index is 997. The molecule has 0 aromatic heterocycles. The van der Waals surface area contributed by atoms with E-state index in [9.17, 15) is 19.2 Å². The molecule has 0 bridgehead atoms. The summed E-state index contributed by atoms with van der Waals surface area (Å²) >= 11 is 0. The van der Waals surface area contributed by atoms with Crippen LogP contribution in [0.4, 0.5) is 0 Å². The summed E-state index contributed by atoms with van der Waals surface area (Å²) in [5.74, 6) is -1.14. The number of fused-ring (bicyclic) bond motifs is 1. The van der Waals surface area contributed by atoms with Crippen molar-refractivity contribution >= 4 is 23.5 Å². The monoisotopic (exact) mass is 406 g/mol. The molecule has 2 aliphatic rings. The number of imide groups is 1. The lowest BCUT2D eigenvalue weighted by molar-refractivity contribution is -0.132. The summed E-state index contributed by atoms with van der Waals surface area (Å²) in [6, 6.07) is 13.6. The van der Waals surface area contributed by atoms with Gasteiger partial charge < -0.3 is 9.64 Å². The van der Waals surface area contributed by atoms with Gasteiger partial charge in [0, 0.05) is 19.0 Å². The first-order valence-electron chi connectivity index (χ1n) is 9.91. The van der Waals surface area contributed by atoms with E-state index in [1.54, 1.807) is 53.4 Å². The van der Waals surface area contributed by atoms with E-state index < -0.39 is 11.8 Å². The number of piperidine rings is 1. The van der Waals surface area contributed by atoms with Crippen molar-refractivity contribution in [2.45, 2.75) is 12.8 Å². The highest BCUT2D eigenvalue weighted by Crippen LogP contribution is 2.27. The molecular weight excluding hydrogens is 384 g/mol. The number of amides is 3. The molecule has 0 radical (unpaired) electrons. The second-order valence-electron chi connectivity index (χ2n) is 7.49. The summed E-state index contributed by atoms with van der Waals surface area (Å²) in [5.41, 5.74) is 1.14. The Morgan fingerprint density at radius 1 is 1.00 bits per heavy atom. The fraction of sp³-hybridized carbons (Fsp3) is 0.304.